The minimum Gasteiger partial charge on any atom is -0.345 e. The summed E-state index contributed by atoms with van der Waals surface area (Å²) in [6.45, 7) is 4.12. The summed E-state index contributed by atoms with van der Waals surface area (Å²) < 4.78 is 0. The van der Waals surface area contributed by atoms with Crippen molar-refractivity contribution in [3.8, 4) is 45.0 Å². The summed E-state index contributed by atoms with van der Waals surface area (Å²) in [6, 6.07) is 54.4. The molecule has 12 heterocycles. The highest BCUT2D eigenvalue weighted by molar-refractivity contribution is 6.33. The van der Waals surface area contributed by atoms with Crippen molar-refractivity contribution in [3.63, 3.8) is 0 Å². The second-order valence-corrected chi connectivity index (χ2v) is 21.5. The zero-order valence-electron chi connectivity index (χ0n) is 49.2. The highest BCUT2D eigenvalue weighted by Gasteiger charge is 2.14. The third kappa shape index (κ3) is 14.0. The minimum absolute atomic E-state index is 0.494. The molecule has 4 aromatic carbocycles. The molecule has 0 saturated heterocycles. The number of aryl methyl sites for hydroxylation is 2. The standard InChI is InChI=1S/2C18H15N5.2C17H12ClN5/c1-12-4-2-5-13(10-12)22-18-20-9-7-16(23-18)15-11-21-17-14(15)6-3-8-19-17;1-12-4-6-13(7-5-12)22-18-20-10-8-16(23-18)15-11-21-17-14(15)3-2-9-19-17;18-11-3-5-12(6-4-11)22-17-20-9-7-15(23-17)14-10-21-16-13(14)2-1-8-19-16;18-13-5-1-2-6-15(13)23-17-20-9-7-14(22-17)12-10-21-16-11(12)4-3-8-19-16/h2*2-11H,1H3,(H,19,21)(H,20,22,23);2*1-10H,(H,19,21)(H,20,22,23). The number of fused-ring (bicyclic) bond motifs is 4. The third-order valence-electron chi connectivity index (χ3n) is 14.3. The Morgan fingerprint density at radius 2 is 0.674 bits per heavy atom. The molecule has 92 heavy (non-hydrogen) atoms. The van der Waals surface area contributed by atoms with Crippen molar-refractivity contribution in [3.05, 3.63) is 265 Å². The first-order valence-electron chi connectivity index (χ1n) is 28.9. The topological polar surface area (TPSA) is 266 Å². The van der Waals surface area contributed by atoms with Crippen LogP contribution in [0, 0.1) is 13.8 Å². The van der Waals surface area contributed by atoms with E-state index in [9.17, 15) is 0 Å². The number of H-pyrrole nitrogens is 4. The smallest absolute Gasteiger partial charge is 0.227 e. The van der Waals surface area contributed by atoms with Crippen LogP contribution >= 0.6 is 23.2 Å². The molecule has 0 unspecified atom stereocenters. The van der Waals surface area contributed by atoms with E-state index in [-0.39, 0.29) is 0 Å². The number of benzene rings is 4. The van der Waals surface area contributed by atoms with Crippen LogP contribution in [0.1, 0.15) is 11.1 Å². The van der Waals surface area contributed by atoms with Crippen LogP contribution in [0.15, 0.2) is 244 Å². The lowest BCUT2D eigenvalue weighted by Crippen LogP contribution is -1.98. The number of para-hydroxylation sites is 1. The zero-order valence-corrected chi connectivity index (χ0v) is 50.7. The molecule has 0 amide bonds. The van der Waals surface area contributed by atoms with Gasteiger partial charge in [-0.05, 0) is 153 Å². The molecule has 0 spiro atoms. The number of anilines is 8. The van der Waals surface area contributed by atoms with Crippen molar-refractivity contribution in [1.82, 2.24) is 79.7 Å². The molecular weight excluding hydrogens is 1190 g/mol. The quantitative estimate of drug-likeness (QED) is 0.0565. The van der Waals surface area contributed by atoms with E-state index in [1.165, 1.54) is 11.1 Å². The average Bonchev–Trinajstić information content (AvgIpc) is 2.26. The molecule has 0 fully saturated rings. The fourth-order valence-electron chi connectivity index (χ4n) is 9.91. The van der Waals surface area contributed by atoms with E-state index in [1.807, 2.05) is 170 Å². The van der Waals surface area contributed by atoms with Crippen LogP contribution in [0.4, 0.5) is 46.5 Å². The molecule has 0 aliphatic carbocycles. The number of hydrogen-bond acceptors (Lipinski definition) is 16. The van der Waals surface area contributed by atoms with E-state index >= 15 is 0 Å². The fourth-order valence-corrected chi connectivity index (χ4v) is 10.2. The molecule has 0 radical (unpaired) electrons. The van der Waals surface area contributed by atoms with Crippen LogP contribution in [-0.4, -0.2) is 79.7 Å². The lowest BCUT2D eigenvalue weighted by atomic mass is 10.1. The molecule has 16 rings (SSSR count). The largest absolute Gasteiger partial charge is 0.345 e. The van der Waals surface area contributed by atoms with E-state index < -0.39 is 0 Å². The number of hydrogen-bond donors (Lipinski definition) is 8. The Hall–Kier alpha value is -12.3. The molecule has 0 saturated carbocycles. The molecule has 0 atom stereocenters. The summed E-state index contributed by atoms with van der Waals surface area (Å²) in [7, 11) is 0. The second kappa shape index (κ2) is 27.4. The minimum atomic E-state index is 0.494. The van der Waals surface area contributed by atoms with Crippen LogP contribution in [0.2, 0.25) is 10.0 Å². The van der Waals surface area contributed by atoms with Crippen molar-refractivity contribution in [2.75, 3.05) is 21.3 Å². The van der Waals surface area contributed by atoms with Crippen molar-refractivity contribution >= 4 is 114 Å². The first-order valence-corrected chi connectivity index (χ1v) is 29.7. The van der Waals surface area contributed by atoms with Gasteiger partial charge in [0.1, 0.15) is 22.6 Å². The van der Waals surface area contributed by atoms with E-state index in [0.29, 0.717) is 33.8 Å². The van der Waals surface area contributed by atoms with E-state index in [1.54, 1.807) is 49.6 Å². The molecule has 448 valence electrons. The zero-order chi connectivity index (χ0) is 62.6. The molecule has 8 N–H and O–H groups in total. The van der Waals surface area contributed by atoms with E-state index in [0.717, 1.165) is 112 Å². The van der Waals surface area contributed by atoms with Gasteiger partial charge in [0.2, 0.25) is 23.8 Å². The first kappa shape index (κ1) is 58.7. The number of halogens is 2. The molecule has 16 aromatic rings. The average molecular weight is 1250 g/mol. The summed E-state index contributed by atoms with van der Waals surface area (Å²) in [5.41, 5.74) is 16.8. The van der Waals surface area contributed by atoms with Gasteiger partial charge in [-0.15, -0.1) is 0 Å². The van der Waals surface area contributed by atoms with Gasteiger partial charge in [-0.2, -0.15) is 0 Å². The maximum Gasteiger partial charge on any atom is 0.227 e. The van der Waals surface area contributed by atoms with Crippen molar-refractivity contribution in [1.29, 1.82) is 0 Å². The molecule has 20 nitrogen and oxygen atoms in total. The Morgan fingerprint density at radius 1 is 0.304 bits per heavy atom. The normalized spacial score (nSPS) is 10.8. The number of nitrogens with zero attached hydrogens (tertiary/aromatic N) is 12. The summed E-state index contributed by atoms with van der Waals surface area (Å²) >= 11 is 12.1. The second-order valence-electron chi connectivity index (χ2n) is 20.7. The Kier molecular flexibility index (Phi) is 17.5. The van der Waals surface area contributed by atoms with Crippen molar-refractivity contribution in [2.24, 2.45) is 0 Å². The lowest BCUT2D eigenvalue weighted by Gasteiger charge is -2.07. The maximum absolute atomic E-state index is 6.16. The highest BCUT2D eigenvalue weighted by atomic mass is 35.5. The number of aromatic nitrogens is 16. The van der Waals surface area contributed by atoms with Gasteiger partial charge in [0, 0.05) is 140 Å². The van der Waals surface area contributed by atoms with Crippen LogP contribution in [0.25, 0.3) is 89.2 Å². The number of rotatable bonds is 12. The highest BCUT2D eigenvalue weighted by Crippen LogP contribution is 2.32. The Morgan fingerprint density at radius 3 is 1.07 bits per heavy atom. The number of nitrogens with one attached hydrogen (secondary N) is 8. The summed E-state index contributed by atoms with van der Waals surface area (Å²) in [5.74, 6) is 2.17. The van der Waals surface area contributed by atoms with E-state index in [2.05, 4.69) is 139 Å². The van der Waals surface area contributed by atoms with Crippen molar-refractivity contribution < 1.29 is 0 Å². The van der Waals surface area contributed by atoms with Crippen LogP contribution in [-0.2, 0) is 0 Å². The fraction of sp³-hybridized carbons (Fsp3) is 0.0286. The van der Waals surface area contributed by atoms with Gasteiger partial charge in [0.05, 0.1) is 33.5 Å². The lowest BCUT2D eigenvalue weighted by molar-refractivity contribution is 1.17. The maximum atomic E-state index is 6.16. The monoisotopic (exact) mass is 1240 g/mol. The Bertz CT molecular complexity index is 5000. The van der Waals surface area contributed by atoms with Gasteiger partial charge in [-0.25, -0.2) is 59.8 Å². The summed E-state index contributed by atoms with van der Waals surface area (Å²) in [4.78, 5) is 65.4. The van der Waals surface area contributed by atoms with Crippen LogP contribution in [0.3, 0.4) is 0 Å². The molecule has 22 heteroatoms. The van der Waals surface area contributed by atoms with Gasteiger partial charge < -0.3 is 41.2 Å². The summed E-state index contributed by atoms with van der Waals surface area (Å²) in [6.07, 6.45) is 21.7. The van der Waals surface area contributed by atoms with Gasteiger partial charge >= 0.3 is 0 Å². The summed E-state index contributed by atoms with van der Waals surface area (Å²) in [5, 5.41) is 18.3. The van der Waals surface area contributed by atoms with Gasteiger partial charge in [-0.1, -0.05) is 65.2 Å². The Balaban J connectivity index is 0.000000112. The van der Waals surface area contributed by atoms with E-state index in [4.69, 9.17) is 23.2 Å². The van der Waals surface area contributed by atoms with Crippen LogP contribution in [0.5, 0.6) is 0 Å². The van der Waals surface area contributed by atoms with Gasteiger partial charge in [0.15, 0.2) is 0 Å². The molecular formula is C70H54Cl2N20. The van der Waals surface area contributed by atoms with Gasteiger partial charge in [-0.3, -0.25) is 0 Å². The van der Waals surface area contributed by atoms with Crippen LogP contribution < -0.4 is 21.3 Å². The molecule has 0 aliphatic heterocycles. The SMILES string of the molecule is Cc1ccc(Nc2nccc(-c3c[nH]c4ncccc34)n2)cc1.Cc1cccc(Nc2nccc(-c3c[nH]c4ncccc34)n2)c1.Clc1ccc(Nc2nccc(-c3c[nH]c4ncccc34)n2)cc1.Clc1ccccc1Nc1nccc(-c2c[nH]c3ncccc23)n1. The molecule has 0 bridgehead atoms. The number of aromatic amines is 4. The van der Waals surface area contributed by atoms with Gasteiger partial charge in [0.25, 0.3) is 0 Å². The third-order valence-corrected chi connectivity index (χ3v) is 14.9. The predicted octanol–water partition coefficient (Wildman–Crippen LogP) is 17.0. The molecule has 12 aromatic heterocycles. The molecule has 0 aliphatic rings. The number of pyridine rings is 4. The van der Waals surface area contributed by atoms with Crippen molar-refractivity contribution in [2.45, 2.75) is 13.8 Å². The first-order chi connectivity index (χ1) is 45.2. The Labute approximate surface area is 536 Å². The predicted molar refractivity (Wildman–Crippen MR) is 367 cm³/mol.